The van der Waals surface area contributed by atoms with E-state index in [0.29, 0.717) is 16.3 Å². The number of carbonyl (C=O) groups excluding carboxylic acids is 2. The Morgan fingerprint density at radius 3 is 2.33 bits per heavy atom. The van der Waals surface area contributed by atoms with E-state index in [1.165, 1.54) is 4.57 Å². The molecule has 3 aromatic rings. The van der Waals surface area contributed by atoms with Crippen LogP contribution in [-0.4, -0.2) is 29.1 Å². The lowest BCUT2D eigenvalue weighted by Crippen LogP contribution is -2.36. The van der Waals surface area contributed by atoms with E-state index >= 15 is 0 Å². The van der Waals surface area contributed by atoms with E-state index in [-0.39, 0.29) is 29.8 Å². The number of nitrogens with one attached hydrogen (secondary N) is 1. The van der Waals surface area contributed by atoms with E-state index in [9.17, 15) is 14.4 Å². The van der Waals surface area contributed by atoms with Crippen LogP contribution >= 0.6 is 0 Å². The highest BCUT2D eigenvalue weighted by Gasteiger charge is 2.24. The third-order valence-electron chi connectivity index (χ3n) is 5.61. The van der Waals surface area contributed by atoms with Crippen molar-refractivity contribution in [1.29, 1.82) is 0 Å². The number of hydrogen-bond acceptors (Lipinski definition) is 4. The smallest absolute Gasteiger partial charge is 0.356 e. The SMILES string of the molecule is Cn1c(C(=O)OCC(=O)NC2CCCC2)c(-c2ccccc2)c2ccccc2c1=O. The summed E-state index contributed by atoms with van der Waals surface area (Å²) in [4.78, 5) is 38.1. The number of carbonyl (C=O) groups is 2. The highest BCUT2D eigenvalue weighted by molar-refractivity contribution is 6.06. The first-order chi connectivity index (χ1) is 14.6. The van der Waals surface area contributed by atoms with Gasteiger partial charge < -0.3 is 14.6 Å². The molecule has 0 spiro atoms. The number of benzene rings is 2. The zero-order valence-electron chi connectivity index (χ0n) is 16.9. The third kappa shape index (κ3) is 3.85. The summed E-state index contributed by atoms with van der Waals surface area (Å²) in [5.74, 6) is -1.01. The van der Waals surface area contributed by atoms with Gasteiger partial charge in [-0.25, -0.2) is 4.79 Å². The molecule has 0 saturated heterocycles. The lowest BCUT2D eigenvalue weighted by Gasteiger charge is -2.17. The first-order valence-corrected chi connectivity index (χ1v) is 10.2. The molecule has 0 bridgehead atoms. The lowest BCUT2D eigenvalue weighted by atomic mass is 9.97. The zero-order valence-corrected chi connectivity index (χ0v) is 16.9. The summed E-state index contributed by atoms with van der Waals surface area (Å²) in [7, 11) is 1.55. The number of esters is 1. The molecule has 6 nitrogen and oxygen atoms in total. The Morgan fingerprint density at radius 2 is 1.63 bits per heavy atom. The Balaban J connectivity index is 1.70. The molecule has 1 aromatic heterocycles. The Hall–Kier alpha value is -3.41. The van der Waals surface area contributed by atoms with Crippen LogP contribution < -0.4 is 10.9 Å². The van der Waals surface area contributed by atoms with Crippen molar-refractivity contribution < 1.29 is 14.3 Å². The van der Waals surface area contributed by atoms with Crippen LogP contribution in [0, 0.1) is 0 Å². The van der Waals surface area contributed by atoms with E-state index in [2.05, 4.69) is 5.32 Å². The van der Waals surface area contributed by atoms with Gasteiger partial charge in [0.2, 0.25) is 0 Å². The summed E-state index contributed by atoms with van der Waals surface area (Å²) >= 11 is 0. The second-order valence-electron chi connectivity index (χ2n) is 7.62. The maximum absolute atomic E-state index is 13.0. The number of ether oxygens (including phenoxy) is 1. The second kappa shape index (κ2) is 8.53. The Morgan fingerprint density at radius 1 is 1.00 bits per heavy atom. The number of hydrogen-bond donors (Lipinski definition) is 1. The van der Waals surface area contributed by atoms with Gasteiger partial charge in [-0.05, 0) is 29.9 Å². The fourth-order valence-corrected chi connectivity index (χ4v) is 4.14. The van der Waals surface area contributed by atoms with Gasteiger partial charge in [-0.1, -0.05) is 61.4 Å². The monoisotopic (exact) mass is 404 g/mol. The zero-order chi connectivity index (χ0) is 21.1. The van der Waals surface area contributed by atoms with Crippen LogP contribution in [0.3, 0.4) is 0 Å². The van der Waals surface area contributed by atoms with Gasteiger partial charge in [0.1, 0.15) is 5.69 Å². The Labute approximate surface area is 174 Å². The van der Waals surface area contributed by atoms with Crippen LogP contribution in [0.4, 0.5) is 0 Å². The molecule has 1 amide bonds. The second-order valence-corrected chi connectivity index (χ2v) is 7.62. The summed E-state index contributed by atoms with van der Waals surface area (Å²) in [6, 6.07) is 16.8. The molecular formula is C24H24N2O4. The standard InChI is InChI=1S/C24H24N2O4/c1-26-22(24(29)30-15-20(27)25-17-11-5-6-12-17)21(16-9-3-2-4-10-16)18-13-7-8-14-19(18)23(26)28/h2-4,7-10,13-14,17H,5-6,11-12,15H2,1H3,(H,25,27). The summed E-state index contributed by atoms with van der Waals surface area (Å²) in [6.45, 7) is -0.370. The molecule has 0 unspecified atom stereocenters. The van der Waals surface area contributed by atoms with Crippen molar-refractivity contribution >= 4 is 22.6 Å². The van der Waals surface area contributed by atoms with Gasteiger partial charge in [0.25, 0.3) is 11.5 Å². The third-order valence-corrected chi connectivity index (χ3v) is 5.61. The fourth-order valence-electron chi connectivity index (χ4n) is 4.14. The predicted octanol–water partition coefficient (Wildman–Crippen LogP) is 3.42. The maximum Gasteiger partial charge on any atom is 0.356 e. The van der Waals surface area contributed by atoms with Crippen molar-refractivity contribution in [3.63, 3.8) is 0 Å². The van der Waals surface area contributed by atoms with Crippen molar-refractivity contribution in [2.75, 3.05) is 6.61 Å². The topological polar surface area (TPSA) is 77.4 Å². The Bertz CT molecular complexity index is 1150. The molecule has 1 heterocycles. The van der Waals surface area contributed by atoms with E-state index in [4.69, 9.17) is 4.74 Å². The van der Waals surface area contributed by atoms with Crippen LogP contribution in [0.1, 0.15) is 36.2 Å². The molecule has 0 radical (unpaired) electrons. The molecule has 0 atom stereocenters. The van der Waals surface area contributed by atoms with Gasteiger partial charge >= 0.3 is 5.97 Å². The summed E-state index contributed by atoms with van der Waals surface area (Å²) < 4.78 is 6.64. The highest BCUT2D eigenvalue weighted by Crippen LogP contribution is 2.30. The minimum atomic E-state index is -0.694. The summed E-state index contributed by atoms with van der Waals surface area (Å²) in [5, 5.41) is 4.10. The highest BCUT2D eigenvalue weighted by atomic mass is 16.5. The maximum atomic E-state index is 13.0. The van der Waals surface area contributed by atoms with E-state index in [0.717, 1.165) is 31.2 Å². The number of pyridine rings is 1. The molecule has 6 heteroatoms. The van der Waals surface area contributed by atoms with E-state index in [1.54, 1.807) is 19.2 Å². The normalized spacial score (nSPS) is 14.0. The molecular weight excluding hydrogens is 380 g/mol. The molecule has 154 valence electrons. The molecule has 2 aromatic carbocycles. The number of rotatable bonds is 5. The fraction of sp³-hybridized carbons (Fsp3) is 0.292. The quantitative estimate of drug-likeness (QED) is 0.661. The average Bonchev–Trinajstić information content (AvgIpc) is 3.28. The molecule has 1 saturated carbocycles. The van der Waals surface area contributed by atoms with Crippen molar-refractivity contribution in [1.82, 2.24) is 9.88 Å². The number of aromatic nitrogens is 1. The van der Waals surface area contributed by atoms with Crippen molar-refractivity contribution in [2.24, 2.45) is 7.05 Å². The molecule has 30 heavy (non-hydrogen) atoms. The van der Waals surface area contributed by atoms with Crippen LogP contribution in [0.25, 0.3) is 21.9 Å². The lowest BCUT2D eigenvalue weighted by molar-refractivity contribution is -0.124. The van der Waals surface area contributed by atoms with Gasteiger partial charge in [0.05, 0.1) is 0 Å². The largest absolute Gasteiger partial charge is 0.451 e. The molecule has 1 fully saturated rings. The minimum absolute atomic E-state index is 0.138. The summed E-state index contributed by atoms with van der Waals surface area (Å²) in [6.07, 6.45) is 4.11. The van der Waals surface area contributed by atoms with Gasteiger partial charge in [-0.15, -0.1) is 0 Å². The average molecular weight is 404 g/mol. The molecule has 1 aliphatic rings. The molecule has 1 N–H and O–H groups in total. The van der Waals surface area contributed by atoms with Gasteiger partial charge in [0, 0.05) is 24.0 Å². The van der Waals surface area contributed by atoms with Gasteiger partial charge in [0.15, 0.2) is 6.61 Å². The number of fused-ring (bicyclic) bond motifs is 1. The van der Waals surface area contributed by atoms with E-state index < -0.39 is 5.97 Å². The van der Waals surface area contributed by atoms with Gasteiger partial charge in [-0.3, -0.25) is 9.59 Å². The Kier molecular flexibility index (Phi) is 5.65. The van der Waals surface area contributed by atoms with Crippen LogP contribution in [-0.2, 0) is 16.6 Å². The molecule has 0 aliphatic heterocycles. The first-order valence-electron chi connectivity index (χ1n) is 10.2. The van der Waals surface area contributed by atoms with Crippen molar-refractivity contribution in [2.45, 2.75) is 31.7 Å². The van der Waals surface area contributed by atoms with Gasteiger partial charge in [-0.2, -0.15) is 0 Å². The van der Waals surface area contributed by atoms with Crippen LogP contribution in [0.2, 0.25) is 0 Å². The molecule has 4 rings (SSSR count). The first kappa shape index (κ1) is 19.9. The minimum Gasteiger partial charge on any atom is -0.451 e. The van der Waals surface area contributed by atoms with Crippen molar-refractivity contribution in [3.8, 4) is 11.1 Å². The van der Waals surface area contributed by atoms with Crippen molar-refractivity contribution in [3.05, 3.63) is 70.6 Å². The summed E-state index contributed by atoms with van der Waals surface area (Å²) in [5.41, 5.74) is 1.27. The molecule has 1 aliphatic carbocycles. The number of nitrogens with zero attached hydrogens (tertiary/aromatic N) is 1. The number of amides is 1. The van der Waals surface area contributed by atoms with E-state index in [1.807, 2.05) is 42.5 Å². The van der Waals surface area contributed by atoms with Crippen LogP contribution in [0.15, 0.2) is 59.4 Å². The van der Waals surface area contributed by atoms with Crippen LogP contribution in [0.5, 0.6) is 0 Å². The predicted molar refractivity (Wildman–Crippen MR) is 115 cm³/mol.